The van der Waals surface area contributed by atoms with E-state index in [0.717, 1.165) is 29.0 Å². The molecule has 1 heterocycles. The Hall–Kier alpha value is -1.49. The fourth-order valence-corrected chi connectivity index (χ4v) is 2.58. The number of hydrogen-bond donors (Lipinski definition) is 2. The smallest absolute Gasteiger partial charge is 0.233 e. The molecule has 4 nitrogen and oxygen atoms in total. The lowest BCUT2D eigenvalue weighted by Gasteiger charge is -2.09. The lowest BCUT2D eigenvalue weighted by atomic mass is 10.3. The number of rotatable bonds is 4. The first-order valence-electron chi connectivity index (χ1n) is 6.14. The van der Waals surface area contributed by atoms with Gasteiger partial charge in [0.1, 0.15) is 0 Å². The Bertz CT molecular complexity index is 543. The van der Waals surface area contributed by atoms with Crippen LogP contribution in [0.1, 0.15) is 19.8 Å². The SMILES string of the molecule is C[C@@H](Sc1nc2ccccc2[nH]1)C(=O)NC1CC1. The second kappa shape index (κ2) is 4.65. The number of fused-ring (bicyclic) bond motifs is 1. The zero-order valence-corrected chi connectivity index (χ0v) is 11.0. The Morgan fingerprint density at radius 1 is 1.50 bits per heavy atom. The number of para-hydroxylation sites is 2. The molecular formula is C13H15N3OS. The maximum Gasteiger partial charge on any atom is 0.233 e. The predicted octanol–water partition coefficient (Wildman–Crippen LogP) is 2.32. The van der Waals surface area contributed by atoms with Crippen molar-refractivity contribution >= 4 is 28.7 Å². The highest BCUT2D eigenvalue weighted by atomic mass is 32.2. The molecule has 2 aromatic rings. The number of H-pyrrole nitrogens is 1. The molecule has 1 aromatic carbocycles. The number of benzene rings is 1. The number of amides is 1. The average Bonchev–Trinajstić information content (AvgIpc) is 3.07. The molecule has 0 unspecified atom stereocenters. The van der Waals surface area contributed by atoms with Gasteiger partial charge >= 0.3 is 0 Å². The highest BCUT2D eigenvalue weighted by Gasteiger charge is 2.26. The molecule has 0 radical (unpaired) electrons. The number of carbonyl (C=O) groups is 1. The highest BCUT2D eigenvalue weighted by molar-refractivity contribution is 8.00. The number of carbonyl (C=O) groups excluding carboxylic acids is 1. The summed E-state index contributed by atoms with van der Waals surface area (Å²) < 4.78 is 0. The van der Waals surface area contributed by atoms with Crippen LogP contribution in [0.15, 0.2) is 29.4 Å². The van der Waals surface area contributed by atoms with E-state index < -0.39 is 0 Å². The Labute approximate surface area is 110 Å². The molecular weight excluding hydrogens is 246 g/mol. The largest absolute Gasteiger partial charge is 0.352 e. The summed E-state index contributed by atoms with van der Waals surface area (Å²) in [6.45, 7) is 1.91. The number of aromatic nitrogens is 2. The van der Waals surface area contributed by atoms with Crippen LogP contribution in [0, 0.1) is 0 Å². The molecule has 1 amide bonds. The monoisotopic (exact) mass is 261 g/mol. The molecule has 1 atom stereocenters. The minimum atomic E-state index is -0.119. The second-order valence-electron chi connectivity index (χ2n) is 4.60. The zero-order valence-electron chi connectivity index (χ0n) is 10.1. The van der Waals surface area contributed by atoms with E-state index in [4.69, 9.17) is 0 Å². The average molecular weight is 261 g/mol. The van der Waals surface area contributed by atoms with Crippen LogP contribution in [0.5, 0.6) is 0 Å². The number of aromatic amines is 1. The van der Waals surface area contributed by atoms with E-state index in [-0.39, 0.29) is 11.2 Å². The summed E-state index contributed by atoms with van der Waals surface area (Å²) in [6, 6.07) is 8.29. The van der Waals surface area contributed by atoms with Gasteiger partial charge in [0.25, 0.3) is 0 Å². The quantitative estimate of drug-likeness (QED) is 0.830. The standard InChI is InChI=1S/C13H15N3OS/c1-8(12(17)14-9-6-7-9)18-13-15-10-4-2-3-5-11(10)16-13/h2-5,8-9H,6-7H2,1H3,(H,14,17)(H,15,16)/t8-/m1/s1. The van der Waals surface area contributed by atoms with Crippen LogP contribution in [0.2, 0.25) is 0 Å². The number of hydrogen-bond acceptors (Lipinski definition) is 3. The summed E-state index contributed by atoms with van der Waals surface area (Å²) in [7, 11) is 0. The van der Waals surface area contributed by atoms with Gasteiger partial charge in [-0.3, -0.25) is 4.79 Å². The topological polar surface area (TPSA) is 57.8 Å². The van der Waals surface area contributed by atoms with Crippen molar-refractivity contribution in [1.29, 1.82) is 0 Å². The van der Waals surface area contributed by atoms with Gasteiger partial charge in [0.15, 0.2) is 5.16 Å². The molecule has 1 aromatic heterocycles. The summed E-state index contributed by atoms with van der Waals surface area (Å²) in [5.74, 6) is 0.1000. The van der Waals surface area contributed by atoms with Crippen molar-refractivity contribution in [2.75, 3.05) is 0 Å². The van der Waals surface area contributed by atoms with Crippen LogP contribution in [-0.2, 0) is 4.79 Å². The van der Waals surface area contributed by atoms with Gasteiger partial charge in [0, 0.05) is 6.04 Å². The van der Waals surface area contributed by atoms with Gasteiger partial charge in [0.05, 0.1) is 16.3 Å². The van der Waals surface area contributed by atoms with Crippen LogP contribution in [0.3, 0.4) is 0 Å². The number of imidazole rings is 1. The normalized spacial score (nSPS) is 16.7. The predicted molar refractivity (Wildman–Crippen MR) is 72.6 cm³/mol. The molecule has 2 N–H and O–H groups in total. The lowest BCUT2D eigenvalue weighted by molar-refractivity contribution is -0.120. The molecule has 1 fully saturated rings. The summed E-state index contributed by atoms with van der Waals surface area (Å²) >= 11 is 1.47. The maximum atomic E-state index is 11.8. The molecule has 5 heteroatoms. The van der Waals surface area contributed by atoms with Gasteiger partial charge in [-0.25, -0.2) is 4.98 Å². The van der Waals surface area contributed by atoms with Crippen molar-refractivity contribution in [2.24, 2.45) is 0 Å². The van der Waals surface area contributed by atoms with E-state index in [0.29, 0.717) is 6.04 Å². The molecule has 0 spiro atoms. The van der Waals surface area contributed by atoms with E-state index in [1.807, 2.05) is 31.2 Å². The number of thioether (sulfide) groups is 1. The molecule has 94 valence electrons. The Morgan fingerprint density at radius 2 is 2.28 bits per heavy atom. The fraction of sp³-hybridized carbons (Fsp3) is 0.385. The van der Waals surface area contributed by atoms with Crippen LogP contribution < -0.4 is 5.32 Å². The molecule has 0 saturated heterocycles. The van der Waals surface area contributed by atoms with E-state index in [1.165, 1.54) is 11.8 Å². The number of nitrogens with zero attached hydrogens (tertiary/aromatic N) is 1. The Kier molecular flexibility index (Phi) is 2.99. The molecule has 3 rings (SSSR count). The summed E-state index contributed by atoms with van der Waals surface area (Å²) in [6.07, 6.45) is 2.24. The van der Waals surface area contributed by atoms with Gasteiger partial charge in [0.2, 0.25) is 5.91 Å². The minimum Gasteiger partial charge on any atom is -0.352 e. The first kappa shape index (κ1) is 11.6. The second-order valence-corrected chi connectivity index (χ2v) is 5.93. The lowest BCUT2D eigenvalue weighted by Crippen LogP contribution is -2.32. The molecule has 0 aliphatic heterocycles. The summed E-state index contributed by atoms with van der Waals surface area (Å²) in [4.78, 5) is 19.5. The molecule has 1 saturated carbocycles. The molecule has 0 bridgehead atoms. The highest BCUT2D eigenvalue weighted by Crippen LogP contribution is 2.25. The van der Waals surface area contributed by atoms with Gasteiger partial charge in [-0.1, -0.05) is 23.9 Å². The maximum absolute atomic E-state index is 11.8. The Balaban J connectivity index is 1.68. The van der Waals surface area contributed by atoms with Gasteiger partial charge in [-0.15, -0.1) is 0 Å². The first-order chi connectivity index (χ1) is 8.72. The van der Waals surface area contributed by atoms with Crippen molar-refractivity contribution < 1.29 is 4.79 Å². The fourth-order valence-electron chi connectivity index (χ4n) is 1.75. The van der Waals surface area contributed by atoms with Gasteiger partial charge in [-0.2, -0.15) is 0 Å². The molecule has 1 aliphatic carbocycles. The van der Waals surface area contributed by atoms with Gasteiger partial charge < -0.3 is 10.3 Å². The minimum absolute atomic E-state index is 0.1000. The third-order valence-electron chi connectivity index (χ3n) is 2.95. The molecule has 1 aliphatic rings. The molecule has 18 heavy (non-hydrogen) atoms. The van der Waals surface area contributed by atoms with Crippen molar-refractivity contribution in [3.05, 3.63) is 24.3 Å². The van der Waals surface area contributed by atoms with Crippen LogP contribution in [-0.4, -0.2) is 27.2 Å². The third-order valence-corrected chi connectivity index (χ3v) is 3.93. The summed E-state index contributed by atoms with van der Waals surface area (Å²) in [5, 5.41) is 3.69. The van der Waals surface area contributed by atoms with Crippen molar-refractivity contribution in [3.8, 4) is 0 Å². The van der Waals surface area contributed by atoms with Crippen molar-refractivity contribution in [2.45, 2.75) is 36.2 Å². The van der Waals surface area contributed by atoms with E-state index in [1.54, 1.807) is 0 Å². The zero-order chi connectivity index (χ0) is 12.5. The van der Waals surface area contributed by atoms with Crippen LogP contribution >= 0.6 is 11.8 Å². The van der Waals surface area contributed by atoms with Crippen molar-refractivity contribution in [3.63, 3.8) is 0 Å². The van der Waals surface area contributed by atoms with Crippen molar-refractivity contribution in [1.82, 2.24) is 15.3 Å². The summed E-state index contributed by atoms with van der Waals surface area (Å²) in [5.41, 5.74) is 1.95. The van der Waals surface area contributed by atoms with Crippen LogP contribution in [0.25, 0.3) is 11.0 Å². The first-order valence-corrected chi connectivity index (χ1v) is 7.02. The van der Waals surface area contributed by atoms with E-state index in [2.05, 4.69) is 15.3 Å². The third kappa shape index (κ3) is 2.51. The number of nitrogens with one attached hydrogen (secondary N) is 2. The van der Waals surface area contributed by atoms with E-state index in [9.17, 15) is 4.79 Å². The van der Waals surface area contributed by atoms with Gasteiger partial charge in [-0.05, 0) is 31.9 Å². The Morgan fingerprint density at radius 3 is 3.00 bits per heavy atom. The van der Waals surface area contributed by atoms with E-state index >= 15 is 0 Å². The van der Waals surface area contributed by atoms with Crippen LogP contribution in [0.4, 0.5) is 0 Å².